The first-order chi connectivity index (χ1) is 6.65. The van der Waals surface area contributed by atoms with Gasteiger partial charge in [0.05, 0.1) is 18.1 Å². The van der Waals surface area contributed by atoms with Gasteiger partial charge in [-0.15, -0.1) is 0 Å². The summed E-state index contributed by atoms with van der Waals surface area (Å²) in [6.45, 7) is 2.94. The van der Waals surface area contributed by atoms with Crippen LogP contribution >= 0.6 is 0 Å². The SMILES string of the molecule is CCCn1cncc1[C@H](N)CC(N)=O. The van der Waals surface area contributed by atoms with Gasteiger partial charge >= 0.3 is 0 Å². The molecule has 0 saturated heterocycles. The van der Waals surface area contributed by atoms with Gasteiger partial charge in [0.15, 0.2) is 0 Å². The summed E-state index contributed by atoms with van der Waals surface area (Å²) < 4.78 is 1.95. The number of rotatable bonds is 5. The van der Waals surface area contributed by atoms with Crippen molar-refractivity contribution in [2.75, 3.05) is 0 Å². The molecule has 0 aliphatic heterocycles. The fourth-order valence-electron chi connectivity index (χ4n) is 1.39. The highest BCUT2D eigenvalue weighted by Gasteiger charge is 2.13. The first kappa shape index (κ1) is 10.7. The number of aromatic nitrogens is 2. The summed E-state index contributed by atoms with van der Waals surface area (Å²) in [4.78, 5) is 14.7. The zero-order chi connectivity index (χ0) is 10.6. The van der Waals surface area contributed by atoms with Crippen molar-refractivity contribution >= 4 is 5.91 Å². The number of hydrogen-bond donors (Lipinski definition) is 2. The van der Waals surface area contributed by atoms with E-state index in [1.165, 1.54) is 0 Å². The van der Waals surface area contributed by atoms with Gasteiger partial charge in [-0.25, -0.2) is 4.98 Å². The maximum atomic E-state index is 10.7. The van der Waals surface area contributed by atoms with Crippen LogP contribution in [0.5, 0.6) is 0 Å². The van der Waals surface area contributed by atoms with Crippen LogP contribution in [-0.4, -0.2) is 15.5 Å². The summed E-state index contributed by atoms with van der Waals surface area (Å²) in [6, 6.07) is -0.346. The smallest absolute Gasteiger partial charge is 0.219 e. The minimum absolute atomic E-state index is 0.162. The van der Waals surface area contributed by atoms with Crippen LogP contribution in [-0.2, 0) is 11.3 Å². The van der Waals surface area contributed by atoms with Crippen molar-refractivity contribution in [1.82, 2.24) is 9.55 Å². The number of carbonyl (C=O) groups excluding carboxylic acids is 1. The largest absolute Gasteiger partial charge is 0.370 e. The molecule has 1 atom stereocenters. The average molecular weight is 196 g/mol. The van der Waals surface area contributed by atoms with Crippen molar-refractivity contribution < 1.29 is 4.79 Å². The summed E-state index contributed by atoms with van der Waals surface area (Å²) >= 11 is 0. The minimum Gasteiger partial charge on any atom is -0.370 e. The van der Waals surface area contributed by atoms with E-state index in [2.05, 4.69) is 11.9 Å². The second kappa shape index (κ2) is 4.76. The topological polar surface area (TPSA) is 86.9 Å². The number of nitrogens with zero attached hydrogens (tertiary/aromatic N) is 2. The molecule has 0 unspecified atom stereocenters. The molecule has 0 radical (unpaired) electrons. The van der Waals surface area contributed by atoms with Crippen LogP contribution in [0.25, 0.3) is 0 Å². The summed E-state index contributed by atoms with van der Waals surface area (Å²) in [5.74, 6) is -0.387. The lowest BCUT2D eigenvalue weighted by Gasteiger charge is -2.12. The zero-order valence-corrected chi connectivity index (χ0v) is 8.31. The van der Waals surface area contributed by atoms with Crippen molar-refractivity contribution in [3.05, 3.63) is 18.2 Å². The zero-order valence-electron chi connectivity index (χ0n) is 8.31. The Hall–Kier alpha value is -1.36. The van der Waals surface area contributed by atoms with E-state index < -0.39 is 0 Å². The molecule has 0 aliphatic carbocycles. The highest BCUT2D eigenvalue weighted by atomic mass is 16.1. The molecule has 1 amide bonds. The molecule has 1 heterocycles. The molecule has 0 aromatic carbocycles. The Morgan fingerprint density at radius 1 is 1.71 bits per heavy atom. The van der Waals surface area contributed by atoms with E-state index in [4.69, 9.17) is 11.5 Å². The van der Waals surface area contributed by atoms with Crippen LogP contribution in [0, 0.1) is 0 Å². The van der Waals surface area contributed by atoms with Crippen LogP contribution < -0.4 is 11.5 Å². The maximum Gasteiger partial charge on any atom is 0.219 e. The van der Waals surface area contributed by atoms with Crippen molar-refractivity contribution in [2.24, 2.45) is 11.5 Å². The van der Waals surface area contributed by atoms with E-state index in [1.54, 1.807) is 12.5 Å². The highest BCUT2D eigenvalue weighted by Crippen LogP contribution is 2.13. The van der Waals surface area contributed by atoms with Gasteiger partial charge in [-0.2, -0.15) is 0 Å². The number of imidazole rings is 1. The van der Waals surface area contributed by atoms with E-state index in [1.807, 2.05) is 4.57 Å². The molecular weight excluding hydrogens is 180 g/mol. The summed E-state index contributed by atoms with van der Waals surface area (Å²) in [6.07, 6.45) is 4.57. The predicted octanol–water partition coefficient (Wildman–Crippen LogP) is 0.168. The van der Waals surface area contributed by atoms with Crippen LogP contribution in [0.3, 0.4) is 0 Å². The van der Waals surface area contributed by atoms with Crippen molar-refractivity contribution in [2.45, 2.75) is 32.4 Å². The van der Waals surface area contributed by atoms with Crippen molar-refractivity contribution in [3.63, 3.8) is 0 Å². The van der Waals surface area contributed by atoms with Crippen LogP contribution in [0.1, 0.15) is 31.5 Å². The van der Waals surface area contributed by atoms with Gasteiger partial charge in [0, 0.05) is 19.2 Å². The Morgan fingerprint density at radius 2 is 2.43 bits per heavy atom. The highest BCUT2D eigenvalue weighted by molar-refractivity contribution is 5.74. The third kappa shape index (κ3) is 2.56. The number of carbonyl (C=O) groups is 1. The number of aryl methyl sites for hydroxylation is 1. The Kier molecular flexibility index (Phi) is 3.64. The first-order valence-corrected chi connectivity index (χ1v) is 4.69. The molecule has 0 saturated carbocycles. The van der Waals surface area contributed by atoms with Crippen LogP contribution in [0.15, 0.2) is 12.5 Å². The molecule has 4 N–H and O–H groups in total. The summed E-state index contributed by atoms with van der Waals surface area (Å²) in [5, 5.41) is 0. The first-order valence-electron chi connectivity index (χ1n) is 4.69. The summed E-state index contributed by atoms with van der Waals surface area (Å²) in [5.41, 5.74) is 11.8. The van der Waals surface area contributed by atoms with Gasteiger partial charge in [0.1, 0.15) is 0 Å². The molecule has 0 spiro atoms. The lowest BCUT2D eigenvalue weighted by Crippen LogP contribution is -2.22. The van der Waals surface area contributed by atoms with Crippen LogP contribution in [0.2, 0.25) is 0 Å². The molecule has 1 rings (SSSR count). The Balaban J connectivity index is 2.72. The van der Waals surface area contributed by atoms with Crippen molar-refractivity contribution in [3.8, 4) is 0 Å². The minimum atomic E-state index is -0.387. The van der Waals surface area contributed by atoms with Crippen molar-refractivity contribution in [1.29, 1.82) is 0 Å². The number of nitrogens with two attached hydrogens (primary N) is 2. The van der Waals surface area contributed by atoms with E-state index in [-0.39, 0.29) is 18.4 Å². The maximum absolute atomic E-state index is 10.7. The number of hydrogen-bond acceptors (Lipinski definition) is 3. The van der Waals surface area contributed by atoms with E-state index >= 15 is 0 Å². The predicted molar refractivity (Wildman–Crippen MR) is 53.3 cm³/mol. The fourth-order valence-corrected chi connectivity index (χ4v) is 1.39. The molecule has 78 valence electrons. The molecule has 0 bridgehead atoms. The Labute approximate surface area is 83.1 Å². The van der Waals surface area contributed by atoms with Gasteiger partial charge in [0.2, 0.25) is 5.91 Å². The lowest BCUT2D eigenvalue weighted by atomic mass is 10.1. The third-order valence-corrected chi connectivity index (χ3v) is 2.01. The molecule has 5 heteroatoms. The van der Waals surface area contributed by atoms with E-state index in [0.29, 0.717) is 0 Å². The Bertz CT molecular complexity index is 308. The summed E-state index contributed by atoms with van der Waals surface area (Å²) in [7, 11) is 0. The normalized spacial score (nSPS) is 12.7. The fraction of sp³-hybridized carbons (Fsp3) is 0.556. The van der Waals surface area contributed by atoms with Gasteiger partial charge in [-0.1, -0.05) is 6.92 Å². The number of amides is 1. The van der Waals surface area contributed by atoms with Crippen LogP contribution in [0.4, 0.5) is 0 Å². The Morgan fingerprint density at radius 3 is 3.00 bits per heavy atom. The van der Waals surface area contributed by atoms with Gasteiger partial charge < -0.3 is 16.0 Å². The van der Waals surface area contributed by atoms with Gasteiger partial charge in [0.25, 0.3) is 0 Å². The third-order valence-electron chi connectivity index (χ3n) is 2.01. The number of primary amides is 1. The molecule has 5 nitrogen and oxygen atoms in total. The monoisotopic (exact) mass is 196 g/mol. The second-order valence-corrected chi connectivity index (χ2v) is 3.29. The molecule has 0 fully saturated rings. The lowest BCUT2D eigenvalue weighted by molar-refractivity contribution is -0.118. The molecule has 1 aromatic heterocycles. The second-order valence-electron chi connectivity index (χ2n) is 3.29. The quantitative estimate of drug-likeness (QED) is 0.703. The molecule has 0 aliphatic rings. The standard InChI is InChI=1S/C9H16N4O/c1-2-3-13-6-12-5-8(13)7(10)4-9(11)14/h5-7H,2-4,10H2,1H3,(H2,11,14)/t7-/m1/s1. The van der Waals surface area contributed by atoms with Gasteiger partial charge in [-0.05, 0) is 6.42 Å². The van der Waals surface area contributed by atoms with E-state index in [9.17, 15) is 4.79 Å². The molecular formula is C9H16N4O. The van der Waals surface area contributed by atoms with E-state index in [0.717, 1.165) is 18.7 Å². The molecule has 1 aromatic rings. The molecule has 14 heavy (non-hydrogen) atoms. The van der Waals surface area contributed by atoms with Gasteiger partial charge in [-0.3, -0.25) is 4.79 Å². The average Bonchev–Trinajstić information content (AvgIpc) is 2.51.